The van der Waals surface area contributed by atoms with E-state index in [1.54, 1.807) is 0 Å². The molecule has 1 heterocycles. The molecule has 0 aliphatic heterocycles. The maximum atomic E-state index is 6.19. The van der Waals surface area contributed by atoms with Crippen molar-refractivity contribution < 1.29 is 0 Å². The monoisotopic (exact) mass is 346 g/mol. The van der Waals surface area contributed by atoms with Crippen LogP contribution in [0.3, 0.4) is 0 Å². The predicted octanol–water partition coefficient (Wildman–Crippen LogP) is 5.08. The van der Waals surface area contributed by atoms with Crippen LogP contribution in [0.4, 0.5) is 0 Å². The lowest BCUT2D eigenvalue weighted by Gasteiger charge is -2.01. The molecule has 3 aromatic rings. The Hall–Kier alpha value is -1.58. The van der Waals surface area contributed by atoms with Crippen molar-refractivity contribution in [1.82, 2.24) is 9.97 Å². The first-order valence-electron chi connectivity index (χ1n) is 6.25. The highest BCUT2D eigenvalue weighted by Crippen LogP contribution is 2.26. The molecule has 0 atom stereocenters. The molecule has 100 valence electrons. The summed E-state index contributed by atoms with van der Waals surface area (Å²) in [5.41, 5.74) is 3.14. The third kappa shape index (κ3) is 2.94. The second kappa shape index (κ2) is 5.81. The molecule has 0 spiro atoms. The quantitative estimate of drug-likeness (QED) is 0.703. The van der Waals surface area contributed by atoms with Crippen LogP contribution in [-0.2, 0) is 6.42 Å². The van der Waals surface area contributed by atoms with E-state index in [-0.39, 0.29) is 0 Å². The van der Waals surface area contributed by atoms with Crippen LogP contribution in [0.1, 0.15) is 11.4 Å². The summed E-state index contributed by atoms with van der Waals surface area (Å²) in [6.45, 7) is 0. The lowest BCUT2D eigenvalue weighted by molar-refractivity contribution is 1.03. The van der Waals surface area contributed by atoms with Crippen molar-refractivity contribution in [2.75, 3.05) is 0 Å². The number of imidazole rings is 1. The molecule has 3 rings (SSSR count). The van der Waals surface area contributed by atoms with Crippen molar-refractivity contribution in [3.05, 3.63) is 75.6 Å². The first-order valence-corrected chi connectivity index (χ1v) is 7.43. The minimum atomic E-state index is 0.728. The molecular formula is C16H12BrClN2. The number of halogens is 2. The summed E-state index contributed by atoms with van der Waals surface area (Å²) in [6.07, 6.45) is 2.60. The van der Waals surface area contributed by atoms with E-state index in [9.17, 15) is 0 Å². The molecule has 0 amide bonds. The number of aromatic amines is 1. The summed E-state index contributed by atoms with van der Waals surface area (Å²) in [7, 11) is 0. The van der Waals surface area contributed by atoms with Crippen LogP contribution in [0.5, 0.6) is 0 Å². The molecule has 1 N–H and O–H groups in total. The molecule has 2 nitrogen and oxygen atoms in total. The second-order valence-corrected chi connectivity index (χ2v) is 5.85. The zero-order valence-electron chi connectivity index (χ0n) is 10.6. The average molecular weight is 348 g/mol. The molecule has 0 unspecified atom stereocenters. The van der Waals surface area contributed by atoms with E-state index in [0.717, 1.165) is 33.0 Å². The molecule has 1 aromatic heterocycles. The molecule has 0 radical (unpaired) electrons. The number of aromatic nitrogens is 2. The largest absolute Gasteiger partial charge is 0.342 e. The third-order valence-electron chi connectivity index (χ3n) is 3.08. The molecule has 0 aliphatic rings. The molecule has 0 saturated heterocycles. The van der Waals surface area contributed by atoms with Gasteiger partial charge in [0.05, 0.1) is 11.9 Å². The van der Waals surface area contributed by atoms with E-state index in [2.05, 4.69) is 38.0 Å². The van der Waals surface area contributed by atoms with Gasteiger partial charge >= 0.3 is 0 Å². The van der Waals surface area contributed by atoms with E-state index in [1.807, 2.05) is 42.6 Å². The minimum absolute atomic E-state index is 0.728. The Morgan fingerprint density at radius 1 is 1.05 bits per heavy atom. The first-order chi connectivity index (χ1) is 9.72. The number of hydrogen-bond acceptors (Lipinski definition) is 1. The van der Waals surface area contributed by atoms with Gasteiger partial charge in [0.1, 0.15) is 5.82 Å². The fourth-order valence-electron chi connectivity index (χ4n) is 2.06. The van der Waals surface area contributed by atoms with Gasteiger partial charge in [0.2, 0.25) is 0 Å². The summed E-state index contributed by atoms with van der Waals surface area (Å²) >= 11 is 9.63. The normalized spacial score (nSPS) is 10.7. The fourth-order valence-corrected chi connectivity index (χ4v) is 2.57. The van der Waals surface area contributed by atoms with Gasteiger partial charge in [0.15, 0.2) is 0 Å². The van der Waals surface area contributed by atoms with E-state index in [1.165, 1.54) is 5.56 Å². The summed E-state index contributed by atoms with van der Waals surface area (Å²) < 4.78 is 1.08. The first kappa shape index (κ1) is 13.4. The van der Waals surface area contributed by atoms with Crippen molar-refractivity contribution in [2.24, 2.45) is 0 Å². The third-order valence-corrected chi connectivity index (χ3v) is 3.94. The van der Waals surface area contributed by atoms with Crippen LogP contribution in [0.15, 0.2) is 59.2 Å². The van der Waals surface area contributed by atoms with Gasteiger partial charge in [0, 0.05) is 21.5 Å². The van der Waals surface area contributed by atoms with E-state index in [0.29, 0.717) is 0 Å². The predicted molar refractivity (Wildman–Crippen MR) is 86.0 cm³/mol. The highest BCUT2D eigenvalue weighted by atomic mass is 79.9. The van der Waals surface area contributed by atoms with Gasteiger partial charge < -0.3 is 4.98 Å². The van der Waals surface area contributed by atoms with Crippen LogP contribution in [0.25, 0.3) is 11.3 Å². The summed E-state index contributed by atoms with van der Waals surface area (Å²) in [6, 6.07) is 16.0. The summed E-state index contributed by atoms with van der Waals surface area (Å²) in [5, 5.41) is 0.728. The number of H-pyrrole nitrogens is 1. The maximum absolute atomic E-state index is 6.19. The molecule has 2 aromatic carbocycles. The Balaban J connectivity index is 1.84. The lowest BCUT2D eigenvalue weighted by atomic mass is 10.1. The highest BCUT2D eigenvalue weighted by Gasteiger charge is 2.07. The Kier molecular flexibility index (Phi) is 3.90. The number of rotatable bonds is 3. The highest BCUT2D eigenvalue weighted by molar-refractivity contribution is 9.10. The molecule has 0 bridgehead atoms. The van der Waals surface area contributed by atoms with E-state index >= 15 is 0 Å². The van der Waals surface area contributed by atoms with Crippen LogP contribution in [0, 0.1) is 0 Å². The van der Waals surface area contributed by atoms with Gasteiger partial charge in [-0.3, -0.25) is 0 Å². The molecule has 0 aliphatic carbocycles. The van der Waals surface area contributed by atoms with Crippen LogP contribution >= 0.6 is 27.5 Å². The zero-order chi connectivity index (χ0) is 13.9. The van der Waals surface area contributed by atoms with Gasteiger partial charge in [0.25, 0.3) is 0 Å². The van der Waals surface area contributed by atoms with Gasteiger partial charge in [-0.05, 0) is 23.8 Å². The number of benzene rings is 2. The van der Waals surface area contributed by atoms with Gasteiger partial charge in [-0.15, -0.1) is 0 Å². The smallest absolute Gasteiger partial charge is 0.110 e. The standard InChI is InChI=1S/C16H12BrClN2/c17-12-7-5-11(6-8-12)9-16-19-10-15(20-16)13-3-1-2-4-14(13)18/h1-8,10H,9H2,(H,19,20). The van der Waals surface area contributed by atoms with Gasteiger partial charge in [-0.25, -0.2) is 4.98 Å². The van der Waals surface area contributed by atoms with Crippen molar-refractivity contribution in [3.8, 4) is 11.3 Å². The van der Waals surface area contributed by atoms with Gasteiger partial charge in [-0.2, -0.15) is 0 Å². The Bertz CT molecular complexity index is 719. The van der Waals surface area contributed by atoms with E-state index < -0.39 is 0 Å². The van der Waals surface area contributed by atoms with Crippen molar-refractivity contribution in [2.45, 2.75) is 6.42 Å². The van der Waals surface area contributed by atoms with E-state index in [4.69, 9.17) is 11.6 Å². The number of nitrogens with zero attached hydrogens (tertiary/aromatic N) is 1. The summed E-state index contributed by atoms with van der Waals surface area (Å²) in [5.74, 6) is 0.933. The van der Waals surface area contributed by atoms with Crippen LogP contribution in [0.2, 0.25) is 5.02 Å². The fraction of sp³-hybridized carbons (Fsp3) is 0.0625. The van der Waals surface area contributed by atoms with Crippen LogP contribution in [-0.4, -0.2) is 9.97 Å². The van der Waals surface area contributed by atoms with Crippen molar-refractivity contribution in [3.63, 3.8) is 0 Å². The Morgan fingerprint density at radius 3 is 2.55 bits per heavy atom. The number of hydrogen-bond donors (Lipinski definition) is 1. The summed E-state index contributed by atoms with van der Waals surface area (Å²) in [4.78, 5) is 7.75. The molecule has 0 saturated carbocycles. The SMILES string of the molecule is Clc1ccccc1-c1cnc(Cc2ccc(Br)cc2)[nH]1. The number of nitrogens with one attached hydrogen (secondary N) is 1. The van der Waals surface area contributed by atoms with Crippen molar-refractivity contribution >= 4 is 27.5 Å². The second-order valence-electron chi connectivity index (χ2n) is 4.53. The Labute approximate surface area is 131 Å². The Morgan fingerprint density at radius 2 is 1.80 bits per heavy atom. The maximum Gasteiger partial charge on any atom is 0.110 e. The molecule has 20 heavy (non-hydrogen) atoms. The minimum Gasteiger partial charge on any atom is -0.342 e. The van der Waals surface area contributed by atoms with Crippen molar-refractivity contribution in [1.29, 1.82) is 0 Å². The van der Waals surface area contributed by atoms with Gasteiger partial charge in [-0.1, -0.05) is 57.9 Å². The van der Waals surface area contributed by atoms with Crippen LogP contribution < -0.4 is 0 Å². The molecular weight excluding hydrogens is 336 g/mol. The topological polar surface area (TPSA) is 28.7 Å². The molecule has 0 fully saturated rings. The zero-order valence-corrected chi connectivity index (χ0v) is 12.9. The lowest BCUT2D eigenvalue weighted by Crippen LogP contribution is -1.90. The average Bonchev–Trinajstić information content (AvgIpc) is 2.90. The molecule has 4 heteroatoms.